The topological polar surface area (TPSA) is 71.1 Å². The van der Waals surface area contributed by atoms with E-state index in [-0.39, 0.29) is 11.8 Å². The summed E-state index contributed by atoms with van der Waals surface area (Å²) < 4.78 is 1.80. The molecule has 0 atom stereocenters. The number of aryl methyl sites for hydroxylation is 1. The highest BCUT2D eigenvalue weighted by Crippen LogP contribution is 2.31. The highest BCUT2D eigenvalue weighted by molar-refractivity contribution is 8.01. The Kier molecular flexibility index (Phi) is 7.19. The zero-order chi connectivity index (χ0) is 22.3. The van der Waals surface area contributed by atoms with Gasteiger partial charge in [-0.25, -0.2) is 4.98 Å². The predicted molar refractivity (Wildman–Crippen MR) is 133 cm³/mol. The van der Waals surface area contributed by atoms with Gasteiger partial charge in [-0.3, -0.25) is 9.59 Å². The number of nitrogens with zero attached hydrogens (tertiary/aromatic N) is 1. The van der Waals surface area contributed by atoms with Gasteiger partial charge in [0.15, 0.2) is 4.34 Å². The molecular weight excluding hydrogens is 438 g/mol. The number of thiazole rings is 1. The molecule has 162 valence electrons. The first-order valence-electron chi connectivity index (χ1n) is 10.3. The Morgan fingerprint density at radius 3 is 2.66 bits per heavy atom. The number of carbonyl (C=O) groups is 2. The van der Waals surface area contributed by atoms with Crippen LogP contribution in [0, 0.1) is 6.92 Å². The fraction of sp³-hybridized carbons (Fsp3) is 0.160. The molecule has 0 bridgehead atoms. The Bertz CT molecular complexity index is 1240. The molecule has 0 saturated heterocycles. The van der Waals surface area contributed by atoms with Gasteiger partial charge in [-0.15, -0.1) is 11.3 Å². The van der Waals surface area contributed by atoms with Crippen LogP contribution in [0.15, 0.2) is 77.1 Å². The van der Waals surface area contributed by atoms with Crippen LogP contribution in [0.3, 0.4) is 0 Å². The van der Waals surface area contributed by atoms with Crippen molar-refractivity contribution in [2.24, 2.45) is 0 Å². The van der Waals surface area contributed by atoms with E-state index < -0.39 is 0 Å². The number of amides is 2. The number of hydrogen-bond acceptors (Lipinski definition) is 5. The minimum Gasteiger partial charge on any atom is -0.355 e. The number of thioether (sulfide) groups is 1. The van der Waals surface area contributed by atoms with Crippen LogP contribution < -0.4 is 10.6 Å². The first kappa shape index (κ1) is 22.0. The largest absolute Gasteiger partial charge is 0.355 e. The molecule has 0 radical (unpaired) electrons. The van der Waals surface area contributed by atoms with Gasteiger partial charge < -0.3 is 10.6 Å². The molecule has 0 spiro atoms. The van der Waals surface area contributed by atoms with Gasteiger partial charge in [-0.1, -0.05) is 59.8 Å². The molecule has 3 aromatic carbocycles. The van der Waals surface area contributed by atoms with Crippen LogP contribution in [0.2, 0.25) is 0 Å². The first-order valence-corrected chi connectivity index (χ1v) is 12.1. The Morgan fingerprint density at radius 1 is 1.00 bits per heavy atom. The molecule has 4 rings (SSSR count). The summed E-state index contributed by atoms with van der Waals surface area (Å²) in [5, 5.41) is 5.90. The molecule has 2 amide bonds. The number of aromatic nitrogens is 1. The summed E-state index contributed by atoms with van der Waals surface area (Å²) in [6.07, 6.45) is 0.815. The molecule has 4 aromatic rings. The monoisotopic (exact) mass is 461 g/mol. The third-order valence-corrected chi connectivity index (χ3v) is 6.97. The lowest BCUT2D eigenvalue weighted by Crippen LogP contribution is -2.27. The quantitative estimate of drug-likeness (QED) is 0.349. The van der Waals surface area contributed by atoms with Gasteiger partial charge in [0.2, 0.25) is 5.91 Å². The van der Waals surface area contributed by atoms with E-state index in [9.17, 15) is 9.59 Å². The highest BCUT2D eigenvalue weighted by Gasteiger charge is 2.10. The van der Waals surface area contributed by atoms with Crippen LogP contribution in [0.25, 0.3) is 10.2 Å². The van der Waals surface area contributed by atoms with Crippen molar-refractivity contribution in [3.63, 3.8) is 0 Å². The number of fused-ring (bicyclic) bond motifs is 1. The number of anilines is 1. The van der Waals surface area contributed by atoms with Gasteiger partial charge >= 0.3 is 0 Å². The minimum absolute atomic E-state index is 0.00343. The molecule has 7 heteroatoms. The van der Waals surface area contributed by atoms with Crippen molar-refractivity contribution in [1.29, 1.82) is 0 Å². The Hall–Kier alpha value is -3.16. The molecule has 1 aromatic heterocycles. The summed E-state index contributed by atoms with van der Waals surface area (Å²) in [6.45, 7) is 2.58. The zero-order valence-corrected chi connectivity index (χ0v) is 19.3. The molecule has 0 fully saturated rings. The lowest BCUT2D eigenvalue weighted by Gasteiger charge is -2.05. The first-order chi connectivity index (χ1) is 15.6. The zero-order valence-electron chi connectivity index (χ0n) is 17.6. The third-order valence-electron chi connectivity index (χ3n) is 4.81. The van der Waals surface area contributed by atoms with Gasteiger partial charge in [0.05, 0.1) is 16.0 Å². The summed E-state index contributed by atoms with van der Waals surface area (Å²) in [5.41, 5.74) is 4.46. The lowest BCUT2D eigenvalue weighted by atomic mass is 10.1. The third kappa shape index (κ3) is 5.96. The maximum Gasteiger partial charge on any atom is 0.255 e. The molecule has 5 nitrogen and oxygen atoms in total. The van der Waals surface area contributed by atoms with E-state index in [1.807, 2.05) is 61.5 Å². The summed E-state index contributed by atoms with van der Waals surface area (Å²) in [6, 6.07) is 23.2. The van der Waals surface area contributed by atoms with Gasteiger partial charge in [0, 0.05) is 17.8 Å². The van der Waals surface area contributed by atoms with Gasteiger partial charge in [-0.05, 0) is 49.2 Å². The second-order valence-corrected chi connectivity index (χ2v) is 9.61. The maximum absolute atomic E-state index is 12.5. The van der Waals surface area contributed by atoms with Crippen molar-refractivity contribution in [2.75, 3.05) is 17.6 Å². The second kappa shape index (κ2) is 10.4. The van der Waals surface area contributed by atoms with Crippen molar-refractivity contribution in [3.05, 3.63) is 89.5 Å². The molecule has 32 heavy (non-hydrogen) atoms. The number of hydrogen-bond donors (Lipinski definition) is 2. The van der Waals surface area contributed by atoms with Gasteiger partial charge in [0.1, 0.15) is 0 Å². The van der Waals surface area contributed by atoms with Crippen molar-refractivity contribution in [2.45, 2.75) is 17.7 Å². The van der Waals surface area contributed by atoms with E-state index in [0.29, 0.717) is 17.9 Å². The Labute approximate surface area is 195 Å². The smallest absolute Gasteiger partial charge is 0.255 e. The molecule has 2 N–H and O–H groups in total. The molecular formula is C25H23N3O2S2. The number of rotatable bonds is 8. The normalized spacial score (nSPS) is 10.8. The molecule has 0 aliphatic carbocycles. The van der Waals surface area contributed by atoms with Crippen molar-refractivity contribution in [3.8, 4) is 0 Å². The summed E-state index contributed by atoms with van der Waals surface area (Å²) in [5.74, 6) is 0.182. The maximum atomic E-state index is 12.5. The van der Waals surface area contributed by atoms with E-state index in [4.69, 9.17) is 0 Å². The fourth-order valence-corrected chi connectivity index (χ4v) is 5.14. The average Bonchev–Trinajstić information content (AvgIpc) is 3.21. The van der Waals surface area contributed by atoms with Crippen LogP contribution in [-0.2, 0) is 11.2 Å². The summed E-state index contributed by atoms with van der Waals surface area (Å²) >= 11 is 2.95. The lowest BCUT2D eigenvalue weighted by molar-refractivity contribution is -0.118. The number of nitrogens with one attached hydrogen (secondary N) is 2. The van der Waals surface area contributed by atoms with E-state index in [1.54, 1.807) is 6.07 Å². The van der Waals surface area contributed by atoms with Gasteiger partial charge in [0.25, 0.3) is 5.91 Å². The SMILES string of the molecule is Cc1cccc(C(=O)Nc2ccc3nc(SCC(=O)NCCc4ccccc4)sc3c2)c1. The Morgan fingerprint density at radius 2 is 1.84 bits per heavy atom. The summed E-state index contributed by atoms with van der Waals surface area (Å²) in [4.78, 5) is 29.2. The Balaban J connectivity index is 1.30. The molecule has 0 unspecified atom stereocenters. The number of benzene rings is 3. The van der Waals surface area contributed by atoms with Crippen LogP contribution in [0.4, 0.5) is 5.69 Å². The van der Waals surface area contributed by atoms with Crippen molar-refractivity contribution < 1.29 is 9.59 Å². The number of carbonyl (C=O) groups excluding carboxylic acids is 2. The fourth-order valence-electron chi connectivity index (χ4n) is 3.20. The standard InChI is InChI=1S/C25H23N3O2S2/c1-17-6-5-9-19(14-17)24(30)27-20-10-11-21-22(15-20)32-25(28-21)31-16-23(29)26-13-12-18-7-3-2-4-8-18/h2-11,14-15H,12-13,16H2,1H3,(H,26,29)(H,27,30). The highest BCUT2D eigenvalue weighted by atomic mass is 32.2. The van der Waals surface area contributed by atoms with E-state index in [2.05, 4.69) is 27.8 Å². The molecule has 0 saturated carbocycles. The van der Waals surface area contributed by atoms with Gasteiger partial charge in [-0.2, -0.15) is 0 Å². The van der Waals surface area contributed by atoms with Crippen LogP contribution in [0.5, 0.6) is 0 Å². The molecule has 0 aliphatic heterocycles. The molecule has 0 aliphatic rings. The van der Waals surface area contributed by atoms with E-state index >= 15 is 0 Å². The second-order valence-electron chi connectivity index (χ2n) is 7.36. The van der Waals surface area contributed by atoms with Crippen LogP contribution in [-0.4, -0.2) is 29.1 Å². The van der Waals surface area contributed by atoms with Crippen molar-refractivity contribution in [1.82, 2.24) is 10.3 Å². The van der Waals surface area contributed by atoms with Crippen LogP contribution >= 0.6 is 23.1 Å². The van der Waals surface area contributed by atoms with E-state index in [0.717, 1.165) is 32.2 Å². The van der Waals surface area contributed by atoms with Crippen molar-refractivity contribution >= 4 is 50.8 Å². The van der Waals surface area contributed by atoms with Crippen LogP contribution in [0.1, 0.15) is 21.5 Å². The average molecular weight is 462 g/mol. The molecule has 1 heterocycles. The minimum atomic E-state index is -0.140. The summed E-state index contributed by atoms with van der Waals surface area (Å²) in [7, 11) is 0. The van der Waals surface area contributed by atoms with E-state index in [1.165, 1.54) is 28.7 Å². The predicted octanol–water partition coefficient (Wildman–Crippen LogP) is 5.31.